The van der Waals surface area contributed by atoms with E-state index in [0.717, 1.165) is 31.4 Å². The van der Waals surface area contributed by atoms with Crippen LogP contribution in [0.15, 0.2) is 34.1 Å². The Labute approximate surface area is 185 Å². The summed E-state index contributed by atoms with van der Waals surface area (Å²) in [6.45, 7) is 2.40. The van der Waals surface area contributed by atoms with Crippen LogP contribution < -0.4 is 10.3 Å². The monoisotopic (exact) mass is 439 g/mol. The van der Waals surface area contributed by atoms with Crippen molar-refractivity contribution in [3.05, 3.63) is 46.0 Å². The van der Waals surface area contributed by atoms with Crippen molar-refractivity contribution in [1.82, 2.24) is 9.55 Å². The van der Waals surface area contributed by atoms with Gasteiger partial charge in [0.2, 0.25) is 0 Å². The molecule has 1 aliphatic heterocycles. The molecule has 0 unspecified atom stereocenters. The van der Waals surface area contributed by atoms with Crippen molar-refractivity contribution < 1.29 is 19.0 Å². The van der Waals surface area contributed by atoms with Gasteiger partial charge in [-0.05, 0) is 57.1 Å². The molecule has 0 spiro atoms. The lowest BCUT2D eigenvalue weighted by Crippen LogP contribution is -2.49. The topological polar surface area (TPSA) is 93.8 Å². The maximum atomic E-state index is 13.6. The van der Waals surface area contributed by atoms with Crippen molar-refractivity contribution >= 4 is 17.5 Å². The van der Waals surface area contributed by atoms with Crippen molar-refractivity contribution in [2.75, 3.05) is 0 Å². The number of carboxylic acid groups (broad SMARTS) is 1. The fourth-order valence-electron chi connectivity index (χ4n) is 5.53. The van der Waals surface area contributed by atoms with Crippen LogP contribution in [0.3, 0.4) is 0 Å². The third kappa shape index (κ3) is 3.24. The van der Waals surface area contributed by atoms with E-state index in [1.165, 1.54) is 16.7 Å². The summed E-state index contributed by atoms with van der Waals surface area (Å²) in [7, 11) is 0. The molecule has 168 valence electrons. The summed E-state index contributed by atoms with van der Waals surface area (Å²) in [6, 6.07) is 5.85. The van der Waals surface area contributed by atoms with E-state index in [0.29, 0.717) is 43.6 Å². The number of rotatable bonds is 6. The van der Waals surface area contributed by atoms with Crippen molar-refractivity contribution in [2.45, 2.75) is 64.8 Å². The highest BCUT2D eigenvalue weighted by atomic mass is 19.1. The maximum Gasteiger partial charge on any atom is 0.309 e. The van der Waals surface area contributed by atoms with Crippen LogP contribution in [0.25, 0.3) is 0 Å². The van der Waals surface area contributed by atoms with Crippen LogP contribution in [0, 0.1) is 16.6 Å². The minimum absolute atomic E-state index is 0.112. The standard InChI is InChI=1S/C24H26FN3O4/c1-2-12-28-20(29)17-14-18(23-6-9-24(10-7-23,11-8-23)21(30)31)26-19(17)27-22(28)32-16-5-3-4-15(25)13-16/h3-5,13H,2,6-12,14H2,1H3,(H,30,31). The van der Waals surface area contributed by atoms with Gasteiger partial charge in [-0.2, -0.15) is 4.98 Å². The Balaban J connectivity index is 1.49. The van der Waals surface area contributed by atoms with Crippen LogP contribution in [0.2, 0.25) is 0 Å². The number of nitrogens with zero attached hydrogens (tertiary/aromatic N) is 3. The van der Waals surface area contributed by atoms with Crippen LogP contribution >= 0.6 is 0 Å². The van der Waals surface area contributed by atoms with Crippen molar-refractivity contribution in [1.29, 1.82) is 0 Å². The van der Waals surface area contributed by atoms with E-state index < -0.39 is 17.2 Å². The number of halogens is 1. The Morgan fingerprint density at radius 2 is 1.94 bits per heavy atom. The molecule has 0 amide bonds. The van der Waals surface area contributed by atoms with Gasteiger partial charge in [-0.15, -0.1) is 0 Å². The second-order valence-corrected chi connectivity index (χ2v) is 9.31. The number of ether oxygens (including phenoxy) is 1. The smallest absolute Gasteiger partial charge is 0.309 e. The average molecular weight is 439 g/mol. The van der Waals surface area contributed by atoms with Gasteiger partial charge in [0.25, 0.3) is 5.56 Å². The first kappa shape index (κ1) is 20.8. The highest BCUT2D eigenvalue weighted by Gasteiger charge is 2.55. The summed E-state index contributed by atoms with van der Waals surface area (Å²) < 4.78 is 20.9. The van der Waals surface area contributed by atoms with Gasteiger partial charge in [0.15, 0.2) is 5.82 Å². The van der Waals surface area contributed by atoms with Crippen LogP contribution in [0.4, 0.5) is 10.2 Å². The summed E-state index contributed by atoms with van der Waals surface area (Å²) in [4.78, 5) is 34.4. The van der Waals surface area contributed by atoms with Crippen LogP contribution in [-0.4, -0.2) is 26.3 Å². The average Bonchev–Trinajstić information content (AvgIpc) is 3.23. The second-order valence-electron chi connectivity index (χ2n) is 9.31. The van der Waals surface area contributed by atoms with Gasteiger partial charge >= 0.3 is 12.0 Å². The Kier molecular flexibility index (Phi) is 4.91. The molecule has 4 aliphatic rings. The number of carboxylic acids is 1. The van der Waals surface area contributed by atoms with Gasteiger partial charge in [-0.1, -0.05) is 13.0 Å². The van der Waals surface area contributed by atoms with Crippen molar-refractivity contribution in [3.8, 4) is 11.8 Å². The molecule has 1 aromatic heterocycles. The molecule has 3 aliphatic carbocycles. The predicted molar refractivity (Wildman–Crippen MR) is 116 cm³/mol. The van der Waals surface area contributed by atoms with Crippen LogP contribution in [0.5, 0.6) is 11.8 Å². The zero-order valence-electron chi connectivity index (χ0n) is 18.1. The minimum Gasteiger partial charge on any atom is -0.481 e. The summed E-state index contributed by atoms with van der Waals surface area (Å²) in [5, 5.41) is 9.67. The van der Waals surface area contributed by atoms with E-state index in [1.54, 1.807) is 12.1 Å². The molecule has 8 heteroatoms. The van der Waals surface area contributed by atoms with Gasteiger partial charge < -0.3 is 9.84 Å². The van der Waals surface area contributed by atoms with Gasteiger partial charge in [-0.25, -0.2) is 9.38 Å². The fraction of sp³-hybridized carbons (Fsp3) is 0.500. The van der Waals surface area contributed by atoms with E-state index in [4.69, 9.17) is 9.73 Å². The number of fused-ring (bicyclic) bond motifs is 4. The third-order valence-corrected chi connectivity index (χ3v) is 7.56. The Bertz CT molecular complexity index is 1160. The lowest BCUT2D eigenvalue weighted by Gasteiger charge is -2.51. The third-order valence-electron chi connectivity index (χ3n) is 7.56. The number of aliphatic carboxylic acids is 1. The van der Waals surface area contributed by atoms with Gasteiger partial charge in [-0.3, -0.25) is 14.2 Å². The van der Waals surface area contributed by atoms with Crippen LogP contribution in [0.1, 0.15) is 57.4 Å². The zero-order valence-corrected chi connectivity index (χ0v) is 18.1. The number of hydrogen-bond donors (Lipinski definition) is 1. The highest BCUT2D eigenvalue weighted by molar-refractivity contribution is 5.98. The van der Waals surface area contributed by atoms with Crippen LogP contribution in [-0.2, 0) is 17.8 Å². The normalized spacial score (nSPS) is 26.0. The summed E-state index contributed by atoms with van der Waals surface area (Å²) in [5.74, 6) is -0.476. The first-order chi connectivity index (χ1) is 15.4. The first-order valence-electron chi connectivity index (χ1n) is 11.2. The molecule has 1 N–H and O–H groups in total. The lowest BCUT2D eigenvalue weighted by atomic mass is 9.52. The van der Waals surface area contributed by atoms with E-state index in [9.17, 15) is 19.1 Å². The molecular weight excluding hydrogens is 413 g/mol. The van der Waals surface area contributed by atoms with Gasteiger partial charge in [0.05, 0.1) is 11.0 Å². The number of aromatic nitrogens is 2. The van der Waals surface area contributed by atoms with Crippen molar-refractivity contribution in [3.63, 3.8) is 0 Å². The Hall–Kier alpha value is -3.03. The highest BCUT2D eigenvalue weighted by Crippen LogP contribution is 2.58. The molecular formula is C24H26FN3O4. The molecule has 0 radical (unpaired) electrons. The Morgan fingerprint density at radius 3 is 2.56 bits per heavy atom. The molecule has 6 rings (SSSR count). The summed E-state index contributed by atoms with van der Waals surface area (Å²) >= 11 is 0. The van der Waals surface area contributed by atoms with Gasteiger partial charge in [0, 0.05) is 30.2 Å². The number of hydrogen-bond acceptors (Lipinski definition) is 5. The fourth-order valence-corrected chi connectivity index (χ4v) is 5.53. The molecule has 2 aromatic rings. The predicted octanol–water partition coefficient (Wildman–Crippen LogP) is 4.64. The molecule has 0 saturated heterocycles. The molecule has 1 aromatic carbocycles. The van der Waals surface area contributed by atoms with E-state index in [-0.39, 0.29) is 22.7 Å². The molecule has 2 bridgehead atoms. The van der Waals surface area contributed by atoms with Gasteiger partial charge in [0.1, 0.15) is 11.6 Å². The zero-order chi connectivity index (χ0) is 22.5. The number of benzene rings is 1. The van der Waals surface area contributed by atoms with E-state index in [1.807, 2.05) is 6.92 Å². The Morgan fingerprint density at radius 1 is 1.22 bits per heavy atom. The second kappa shape index (κ2) is 7.53. The molecule has 3 fully saturated rings. The maximum absolute atomic E-state index is 13.6. The number of carbonyl (C=O) groups is 1. The quantitative estimate of drug-likeness (QED) is 0.708. The van der Waals surface area contributed by atoms with E-state index in [2.05, 4.69) is 4.98 Å². The van der Waals surface area contributed by atoms with E-state index >= 15 is 0 Å². The van der Waals surface area contributed by atoms with Crippen molar-refractivity contribution in [2.24, 2.45) is 15.8 Å². The molecule has 0 atom stereocenters. The molecule has 7 nitrogen and oxygen atoms in total. The summed E-state index contributed by atoms with van der Waals surface area (Å²) in [6.07, 6.45) is 5.46. The molecule has 2 heterocycles. The molecule has 32 heavy (non-hydrogen) atoms. The lowest BCUT2D eigenvalue weighted by molar-refractivity contribution is -0.156. The largest absolute Gasteiger partial charge is 0.481 e. The SMILES string of the molecule is CCCn1c(Oc2cccc(F)c2)nc2c(c1=O)CC(C13CCC(C(=O)O)(CC1)CC3)=N2. The minimum atomic E-state index is -0.689. The number of aliphatic imine (C=N–C) groups is 1. The molecule has 3 saturated carbocycles. The first-order valence-corrected chi connectivity index (χ1v) is 11.2. The summed E-state index contributed by atoms with van der Waals surface area (Å²) in [5.41, 5.74) is 0.594.